The van der Waals surface area contributed by atoms with Crippen molar-refractivity contribution in [2.45, 2.75) is 44.8 Å². The molecule has 0 aliphatic carbocycles. The minimum atomic E-state index is -0.295. The van der Waals surface area contributed by atoms with Gasteiger partial charge in [0.2, 0.25) is 17.7 Å². The van der Waals surface area contributed by atoms with E-state index in [9.17, 15) is 14.4 Å². The summed E-state index contributed by atoms with van der Waals surface area (Å²) in [5, 5.41) is 16.7. The fourth-order valence-corrected chi connectivity index (χ4v) is 5.26. The second kappa shape index (κ2) is 24.1. The Kier molecular flexibility index (Phi) is 21.3. The number of hydrogen-bond donors (Lipinski definition) is 7. The molecule has 7 N–H and O–H groups in total. The van der Waals surface area contributed by atoms with E-state index >= 15 is 0 Å². The first-order chi connectivity index (χ1) is 24.7. The number of aromatic nitrogens is 6. The summed E-state index contributed by atoms with van der Waals surface area (Å²) in [7, 11) is 10.1. The van der Waals surface area contributed by atoms with E-state index in [0.717, 1.165) is 38.9 Å². The molecule has 0 aliphatic rings. The van der Waals surface area contributed by atoms with Gasteiger partial charge in [-0.1, -0.05) is 79.7 Å². The number of carbonyl (C=O) groups is 3. The third-order valence-electron chi connectivity index (χ3n) is 8.10. The zero-order valence-electron chi connectivity index (χ0n) is 31.2. The van der Waals surface area contributed by atoms with E-state index in [2.05, 4.69) is 61.8 Å². The number of rotatable bonds is 12. The number of hydrogen-bond acceptors (Lipinski definition) is 9. The zero-order chi connectivity index (χ0) is 36.8. The maximum absolute atomic E-state index is 11.5. The van der Waals surface area contributed by atoms with Gasteiger partial charge in [0, 0.05) is 47.0 Å². The van der Waals surface area contributed by atoms with Crippen molar-refractivity contribution in [3.8, 4) is 0 Å². The summed E-state index contributed by atoms with van der Waals surface area (Å²) in [6, 6.07) is 22.3. The fraction of sp³-hybridized carbons (Fsp3) is 0.351. The number of benzene rings is 3. The summed E-state index contributed by atoms with van der Waals surface area (Å²) in [5.74, 6) is 2.05. The molecule has 17 heteroatoms. The van der Waals surface area contributed by atoms with Gasteiger partial charge in [-0.15, -0.1) is 0 Å². The van der Waals surface area contributed by atoms with Crippen molar-refractivity contribution >= 4 is 50.8 Å². The Morgan fingerprint density at radius 1 is 0.574 bits per heavy atom. The van der Waals surface area contributed by atoms with Crippen LogP contribution in [0.1, 0.15) is 24.9 Å². The number of fused-ring (bicyclic) bond motifs is 3. The first-order valence-electron chi connectivity index (χ1n) is 16.6. The minimum Gasteiger partial charge on any atom is -0.440 e. The first kappa shape index (κ1) is 47.6. The Balaban J connectivity index is 0.000000394. The Morgan fingerprint density at radius 2 is 0.944 bits per heavy atom. The molecule has 0 fully saturated rings. The van der Waals surface area contributed by atoms with Gasteiger partial charge in [0.05, 0.1) is 29.2 Å². The second-order valence-electron chi connectivity index (χ2n) is 11.4. The molecule has 0 spiro atoms. The van der Waals surface area contributed by atoms with Crippen molar-refractivity contribution in [3.63, 3.8) is 0 Å². The molecule has 0 radical (unpaired) electrons. The van der Waals surface area contributed by atoms with Gasteiger partial charge in [0.25, 0.3) is 0 Å². The molecule has 3 heterocycles. The summed E-state index contributed by atoms with van der Waals surface area (Å²) in [5.41, 5.74) is 5.40. The van der Waals surface area contributed by atoms with Gasteiger partial charge in [-0.05, 0) is 68.2 Å². The van der Waals surface area contributed by atoms with Crippen molar-refractivity contribution in [2.75, 3.05) is 42.3 Å². The number of carbonyl (C=O) groups excluding carboxylic acids is 3. The number of nitrogens with one attached hydrogen (secondary N) is 7. The number of amides is 3. The number of likely N-dealkylation sites (N-methyl/N-ethyl adjacent to an activating group) is 6. The maximum Gasteiger partial charge on any atom is 2.00 e. The summed E-state index contributed by atoms with van der Waals surface area (Å²) in [6.45, 7) is 0. The van der Waals surface area contributed by atoms with Gasteiger partial charge in [-0.2, -0.15) is 0 Å². The standard InChI is InChI=1S/3C12H16N4O.CH4.2Zn/c3*1-13-10(12(17)14-2)7-11-15-8-5-3-4-6-9(8)16-11;;;/h3-6,10,13H,7H2,1-2H3,(H,14,17)(H,15,16);2*3-6,10,13H,7H2,1-2H3,(H2,14,15,16,17);1H4;;/q;;;;;+2/p-2/t3*10-;;;/m000.../s1. The van der Waals surface area contributed by atoms with E-state index in [0.29, 0.717) is 30.9 Å². The van der Waals surface area contributed by atoms with Crippen molar-refractivity contribution in [3.05, 3.63) is 90.3 Å². The largest absolute Gasteiger partial charge is 2.00 e. The fourth-order valence-electron chi connectivity index (χ4n) is 5.26. The molecule has 0 bridgehead atoms. The van der Waals surface area contributed by atoms with E-state index in [-0.39, 0.29) is 82.2 Å². The Hall–Kier alpha value is -4.39. The summed E-state index contributed by atoms with van der Waals surface area (Å²) < 4.78 is 0. The normalized spacial score (nSPS) is 11.9. The van der Waals surface area contributed by atoms with Crippen molar-refractivity contribution < 1.29 is 53.3 Å². The Morgan fingerprint density at radius 3 is 1.31 bits per heavy atom. The third-order valence-corrected chi connectivity index (χ3v) is 8.10. The van der Waals surface area contributed by atoms with E-state index in [4.69, 9.17) is 0 Å². The molecule has 54 heavy (non-hydrogen) atoms. The molecule has 3 amide bonds. The number of aromatic amines is 1. The molecular weight excluding hydrogens is 791 g/mol. The van der Waals surface area contributed by atoms with Crippen molar-refractivity contribution in [1.29, 1.82) is 0 Å². The van der Waals surface area contributed by atoms with Crippen LogP contribution in [0.3, 0.4) is 0 Å². The molecule has 0 unspecified atom stereocenters. The topological polar surface area (TPSA) is 206 Å². The van der Waals surface area contributed by atoms with Crippen LogP contribution in [-0.2, 0) is 72.6 Å². The van der Waals surface area contributed by atoms with Crippen molar-refractivity contribution in [1.82, 2.24) is 61.8 Å². The number of H-pyrrole nitrogens is 1. The molecule has 3 atom stereocenters. The molecule has 0 saturated heterocycles. The van der Waals surface area contributed by atoms with Crippen LogP contribution in [0, 0.1) is 0 Å². The van der Waals surface area contributed by atoms with E-state index in [1.165, 1.54) is 0 Å². The van der Waals surface area contributed by atoms with E-state index < -0.39 is 0 Å². The van der Waals surface area contributed by atoms with Crippen LogP contribution in [0.4, 0.5) is 0 Å². The summed E-state index contributed by atoms with van der Waals surface area (Å²) in [6.07, 6.45) is 1.53. The molecule has 0 aliphatic heterocycles. The van der Waals surface area contributed by atoms with Gasteiger partial charge in [0.15, 0.2) is 0 Å². The third kappa shape index (κ3) is 13.2. The van der Waals surface area contributed by atoms with Crippen LogP contribution >= 0.6 is 0 Å². The van der Waals surface area contributed by atoms with Gasteiger partial charge in [-0.25, -0.2) is 4.98 Å². The minimum absolute atomic E-state index is 0. The number of imidazole rings is 3. The molecule has 6 rings (SSSR count). The van der Waals surface area contributed by atoms with Gasteiger partial charge in [-0.3, -0.25) is 14.4 Å². The zero-order valence-corrected chi connectivity index (χ0v) is 37.1. The van der Waals surface area contributed by atoms with Crippen LogP contribution in [0.25, 0.3) is 33.1 Å². The quantitative estimate of drug-likeness (QED) is 0.0873. The predicted octanol–water partition coefficient (Wildman–Crippen LogP) is 1.21. The summed E-state index contributed by atoms with van der Waals surface area (Å²) in [4.78, 5) is 59.8. The van der Waals surface area contributed by atoms with Crippen LogP contribution in [0.2, 0.25) is 0 Å². The van der Waals surface area contributed by atoms with Crippen LogP contribution in [0.15, 0.2) is 72.8 Å². The monoisotopic (exact) mass is 838 g/mol. The number of para-hydroxylation sites is 6. The molecule has 6 aromatic rings. The molecule has 3 aromatic carbocycles. The second-order valence-corrected chi connectivity index (χ2v) is 11.4. The molecule has 3 aromatic heterocycles. The number of nitrogens with zero attached hydrogens (tertiary/aromatic N) is 5. The maximum atomic E-state index is 11.5. The molecular formula is C37H50N12O3Zn2. The van der Waals surface area contributed by atoms with Crippen LogP contribution in [-0.4, -0.2) is 98.1 Å². The Labute approximate surface area is 341 Å². The van der Waals surface area contributed by atoms with Gasteiger partial charge in [0.1, 0.15) is 5.82 Å². The van der Waals surface area contributed by atoms with Crippen LogP contribution < -0.4 is 41.9 Å². The average molecular weight is 842 g/mol. The van der Waals surface area contributed by atoms with E-state index in [1.54, 1.807) is 42.3 Å². The molecule has 0 saturated carbocycles. The SMILES string of the molecule is C.CNC(=O)[C@H](Cc1nc2ccccc2[n-]1)NC.CNC(=O)[C@H](Cc1nc2ccccc2[n-]1)NC.CNC(=O)[C@H](Cc1nc2ccccc2[nH]1)NC.[Zn+2].[Zn]. The van der Waals surface area contributed by atoms with Gasteiger partial charge < -0.3 is 56.8 Å². The first-order valence-corrected chi connectivity index (χ1v) is 16.6. The van der Waals surface area contributed by atoms with E-state index in [1.807, 2.05) is 72.8 Å². The van der Waals surface area contributed by atoms with Crippen LogP contribution in [0.5, 0.6) is 0 Å². The smallest absolute Gasteiger partial charge is 0.440 e. The van der Waals surface area contributed by atoms with Crippen molar-refractivity contribution in [2.24, 2.45) is 0 Å². The summed E-state index contributed by atoms with van der Waals surface area (Å²) >= 11 is 0. The molecule has 15 nitrogen and oxygen atoms in total. The predicted molar refractivity (Wildman–Crippen MR) is 205 cm³/mol. The average Bonchev–Trinajstić information content (AvgIpc) is 3.90. The molecule has 280 valence electrons. The van der Waals surface area contributed by atoms with Gasteiger partial charge >= 0.3 is 19.5 Å². The Bertz CT molecular complexity index is 1700.